The van der Waals surface area contributed by atoms with Crippen LogP contribution in [0.4, 0.5) is 13.2 Å². The Bertz CT molecular complexity index is 483. The molecule has 0 amide bonds. The summed E-state index contributed by atoms with van der Waals surface area (Å²) in [5, 5.41) is 3.39. The number of hydrogen-bond donors (Lipinski definition) is 1. The largest absolute Gasteiger partial charge is 0.416 e. The third-order valence-electron chi connectivity index (χ3n) is 4.29. The topological polar surface area (TPSA) is 15.3 Å². The van der Waals surface area contributed by atoms with Crippen molar-refractivity contribution in [2.24, 2.45) is 0 Å². The van der Waals surface area contributed by atoms with Crippen LogP contribution in [0.3, 0.4) is 0 Å². The number of hydrogen-bond acceptors (Lipinski definition) is 2. The van der Waals surface area contributed by atoms with E-state index in [-0.39, 0.29) is 5.54 Å². The minimum atomic E-state index is -4.27. The Morgan fingerprint density at radius 1 is 1.14 bits per heavy atom. The monoisotopic (exact) mass is 314 g/mol. The molecule has 0 bridgehead atoms. The summed E-state index contributed by atoms with van der Waals surface area (Å²) >= 11 is 0. The normalized spacial score (nSPS) is 18.6. The summed E-state index contributed by atoms with van der Waals surface area (Å²) in [6.07, 6.45) is -2.19. The lowest BCUT2D eigenvalue weighted by molar-refractivity contribution is -0.137. The van der Waals surface area contributed by atoms with Gasteiger partial charge >= 0.3 is 6.18 Å². The molecule has 1 aliphatic rings. The van der Waals surface area contributed by atoms with Crippen LogP contribution in [-0.4, -0.2) is 29.6 Å². The van der Waals surface area contributed by atoms with Crippen molar-refractivity contribution < 1.29 is 13.2 Å². The zero-order valence-electron chi connectivity index (χ0n) is 13.5. The Labute approximate surface area is 130 Å². The molecule has 0 spiro atoms. The highest BCUT2D eigenvalue weighted by Crippen LogP contribution is 2.29. The molecular weight excluding hydrogens is 289 g/mol. The van der Waals surface area contributed by atoms with Crippen molar-refractivity contribution in [2.45, 2.75) is 57.9 Å². The first-order valence-corrected chi connectivity index (χ1v) is 7.81. The lowest BCUT2D eigenvalue weighted by atomic mass is 9.98. The van der Waals surface area contributed by atoms with E-state index in [2.05, 4.69) is 31.0 Å². The van der Waals surface area contributed by atoms with Gasteiger partial charge < -0.3 is 5.32 Å². The molecule has 0 aromatic heterocycles. The second-order valence-electron chi connectivity index (χ2n) is 7.01. The van der Waals surface area contributed by atoms with E-state index in [9.17, 15) is 13.2 Å². The van der Waals surface area contributed by atoms with E-state index < -0.39 is 11.7 Å². The van der Waals surface area contributed by atoms with E-state index in [0.717, 1.165) is 32.0 Å². The summed E-state index contributed by atoms with van der Waals surface area (Å²) in [5.74, 6) is 0. The van der Waals surface area contributed by atoms with Crippen LogP contribution in [0.15, 0.2) is 24.3 Å². The molecule has 22 heavy (non-hydrogen) atoms. The lowest BCUT2D eigenvalue weighted by Gasteiger charge is -2.41. The highest BCUT2D eigenvalue weighted by molar-refractivity contribution is 5.25. The third kappa shape index (κ3) is 4.71. The van der Waals surface area contributed by atoms with E-state index in [1.165, 1.54) is 12.1 Å². The van der Waals surface area contributed by atoms with Gasteiger partial charge in [-0.2, -0.15) is 13.2 Å². The number of likely N-dealkylation sites (tertiary alicyclic amines) is 1. The number of piperidine rings is 1. The number of benzene rings is 1. The van der Waals surface area contributed by atoms with Gasteiger partial charge in [-0.05, 0) is 45.2 Å². The maximum Gasteiger partial charge on any atom is 0.416 e. The van der Waals surface area contributed by atoms with Crippen molar-refractivity contribution in [3.05, 3.63) is 35.4 Å². The van der Waals surface area contributed by atoms with E-state index >= 15 is 0 Å². The van der Waals surface area contributed by atoms with Crippen molar-refractivity contribution in [2.75, 3.05) is 13.1 Å². The smallest absolute Gasteiger partial charge is 0.310 e. The summed E-state index contributed by atoms with van der Waals surface area (Å²) in [5.41, 5.74) is 0.300. The fourth-order valence-electron chi connectivity index (χ4n) is 2.87. The molecule has 1 heterocycles. The van der Waals surface area contributed by atoms with Crippen molar-refractivity contribution in [3.63, 3.8) is 0 Å². The van der Waals surface area contributed by atoms with Gasteiger partial charge in [0.25, 0.3) is 0 Å². The zero-order chi connectivity index (χ0) is 16.4. The SMILES string of the molecule is CC(C)(C)N1CCC(NCc2cccc(C(F)(F)F)c2)CC1. The van der Waals surface area contributed by atoms with Gasteiger partial charge in [0.1, 0.15) is 0 Å². The molecule has 1 saturated heterocycles. The number of nitrogens with zero attached hydrogens (tertiary/aromatic N) is 1. The predicted molar refractivity (Wildman–Crippen MR) is 82.6 cm³/mol. The van der Waals surface area contributed by atoms with E-state index in [1.807, 2.05) is 0 Å². The Morgan fingerprint density at radius 2 is 1.77 bits per heavy atom. The van der Waals surface area contributed by atoms with Crippen molar-refractivity contribution >= 4 is 0 Å². The molecule has 1 N–H and O–H groups in total. The van der Waals surface area contributed by atoms with E-state index in [1.54, 1.807) is 6.07 Å². The van der Waals surface area contributed by atoms with Gasteiger partial charge in [-0.25, -0.2) is 0 Å². The maximum atomic E-state index is 12.7. The van der Waals surface area contributed by atoms with Crippen LogP contribution in [0, 0.1) is 0 Å². The molecule has 2 nitrogen and oxygen atoms in total. The lowest BCUT2D eigenvalue weighted by Crippen LogP contribution is -2.49. The average molecular weight is 314 g/mol. The quantitative estimate of drug-likeness (QED) is 0.905. The highest BCUT2D eigenvalue weighted by atomic mass is 19.4. The van der Waals surface area contributed by atoms with Crippen LogP contribution >= 0.6 is 0 Å². The van der Waals surface area contributed by atoms with Gasteiger partial charge in [0.15, 0.2) is 0 Å². The predicted octanol–water partition coefficient (Wildman–Crippen LogP) is 4.06. The van der Waals surface area contributed by atoms with Crippen LogP contribution in [-0.2, 0) is 12.7 Å². The third-order valence-corrected chi connectivity index (χ3v) is 4.29. The van der Waals surface area contributed by atoms with Gasteiger partial charge in [-0.15, -0.1) is 0 Å². The van der Waals surface area contributed by atoms with Gasteiger partial charge in [-0.1, -0.05) is 18.2 Å². The fraction of sp³-hybridized carbons (Fsp3) is 0.647. The number of alkyl halides is 3. The first-order valence-electron chi connectivity index (χ1n) is 7.81. The molecule has 1 fully saturated rings. The summed E-state index contributed by atoms with van der Waals surface area (Å²) in [7, 11) is 0. The van der Waals surface area contributed by atoms with E-state index in [0.29, 0.717) is 18.2 Å². The molecule has 0 saturated carbocycles. The van der Waals surface area contributed by atoms with Gasteiger partial charge in [0.05, 0.1) is 5.56 Å². The molecule has 1 aromatic rings. The minimum Gasteiger partial charge on any atom is -0.310 e. The number of rotatable bonds is 3. The van der Waals surface area contributed by atoms with Crippen LogP contribution in [0.5, 0.6) is 0 Å². The second kappa shape index (κ2) is 6.59. The second-order valence-corrected chi connectivity index (χ2v) is 7.01. The first kappa shape index (κ1) is 17.3. The molecule has 1 aromatic carbocycles. The fourth-order valence-corrected chi connectivity index (χ4v) is 2.87. The van der Waals surface area contributed by atoms with Crippen LogP contribution in [0.25, 0.3) is 0 Å². The summed E-state index contributed by atoms with van der Waals surface area (Å²) < 4.78 is 38.1. The summed E-state index contributed by atoms with van der Waals surface area (Å²) in [6.45, 7) is 9.19. The standard InChI is InChI=1S/C17H25F3N2/c1-16(2,3)22-9-7-15(8-10-22)21-12-13-5-4-6-14(11-13)17(18,19)20/h4-6,11,15,21H,7-10,12H2,1-3H3. The van der Waals surface area contributed by atoms with Gasteiger partial charge in [0, 0.05) is 31.2 Å². The maximum absolute atomic E-state index is 12.7. The van der Waals surface area contributed by atoms with Crippen molar-refractivity contribution in [1.82, 2.24) is 10.2 Å². The molecule has 124 valence electrons. The van der Waals surface area contributed by atoms with E-state index in [4.69, 9.17) is 0 Å². The molecule has 0 atom stereocenters. The molecule has 0 radical (unpaired) electrons. The highest BCUT2D eigenvalue weighted by Gasteiger charge is 2.30. The van der Waals surface area contributed by atoms with Gasteiger partial charge in [0.2, 0.25) is 0 Å². The Morgan fingerprint density at radius 3 is 2.32 bits per heavy atom. The van der Waals surface area contributed by atoms with Crippen LogP contribution < -0.4 is 5.32 Å². The minimum absolute atomic E-state index is 0.187. The Hall–Kier alpha value is -1.07. The first-order chi connectivity index (χ1) is 10.2. The summed E-state index contributed by atoms with van der Waals surface area (Å²) in [6, 6.07) is 5.95. The molecule has 2 rings (SSSR count). The van der Waals surface area contributed by atoms with Crippen molar-refractivity contribution in [1.29, 1.82) is 0 Å². The molecule has 1 aliphatic heterocycles. The molecule has 0 aliphatic carbocycles. The molecule has 5 heteroatoms. The Balaban J connectivity index is 1.85. The number of halogens is 3. The van der Waals surface area contributed by atoms with Crippen LogP contribution in [0.1, 0.15) is 44.7 Å². The number of nitrogens with one attached hydrogen (secondary N) is 1. The molecule has 0 unspecified atom stereocenters. The summed E-state index contributed by atoms with van der Waals surface area (Å²) in [4.78, 5) is 2.45. The average Bonchev–Trinajstić information content (AvgIpc) is 2.44. The van der Waals surface area contributed by atoms with Gasteiger partial charge in [-0.3, -0.25) is 4.90 Å². The van der Waals surface area contributed by atoms with Crippen LogP contribution in [0.2, 0.25) is 0 Å². The molecular formula is C17H25F3N2. The van der Waals surface area contributed by atoms with Crippen molar-refractivity contribution in [3.8, 4) is 0 Å². The zero-order valence-corrected chi connectivity index (χ0v) is 13.5. The Kier molecular flexibility index (Phi) is 5.17.